The highest BCUT2D eigenvalue weighted by atomic mass is 32.1. The molecule has 432 valence electrons. The summed E-state index contributed by atoms with van der Waals surface area (Å²) in [6.45, 7) is 34.2. The van der Waals surface area contributed by atoms with Gasteiger partial charge in [-0.05, 0) is 164 Å². The van der Waals surface area contributed by atoms with E-state index in [0.717, 1.165) is 14.7 Å². The number of amides is 7. The molecule has 1 aromatic heterocycles. The zero-order chi connectivity index (χ0) is 58.8. The molecule has 0 saturated heterocycles. The third-order valence-electron chi connectivity index (χ3n) is 8.40. The van der Waals surface area contributed by atoms with E-state index in [4.69, 9.17) is 43.3 Å². The number of thiophene rings is 1. The Kier molecular flexibility index (Phi) is 25.4. The van der Waals surface area contributed by atoms with E-state index in [0.29, 0.717) is 36.1 Å². The summed E-state index contributed by atoms with van der Waals surface area (Å²) in [6.07, 6.45) is -4.67. The normalized spacial score (nSPS) is 12.9. The number of rotatable bonds is 14. The van der Waals surface area contributed by atoms with Gasteiger partial charge in [0.1, 0.15) is 45.0 Å². The summed E-state index contributed by atoms with van der Waals surface area (Å²) in [4.78, 5) is 106. The van der Waals surface area contributed by atoms with Crippen molar-refractivity contribution in [2.45, 2.75) is 223 Å². The molecule has 1 aromatic rings. The van der Waals surface area contributed by atoms with Gasteiger partial charge in [0, 0.05) is 28.9 Å². The Morgan fingerprint density at radius 1 is 0.487 bits per heavy atom. The second kappa shape index (κ2) is 28.4. The van der Waals surface area contributed by atoms with Crippen LogP contribution in [0.2, 0.25) is 0 Å². The van der Waals surface area contributed by atoms with Gasteiger partial charge in [0.05, 0.1) is 19.8 Å². The third kappa shape index (κ3) is 31.1. The van der Waals surface area contributed by atoms with Gasteiger partial charge in [-0.1, -0.05) is 19.3 Å². The molecule has 0 atom stereocenters. The SMILES string of the molecule is CC(C)(C)OC(=O)N=C(NC(=O)OC(C)(C)C)N(CCCCCCCN(C(=O)OC(C)(C)C)C(=NC(=O)OC(C)(C)C)N(CCOCc1cc(C(=N)NC(=O)OC(C)(C)C)cs1)C(=O)OC(C)(C)C)C(=O)OC(C)(C)C. The lowest BCUT2D eigenvalue weighted by atomic mass is 10.1. The summed E-state index contributed by atoms with van der Waals surface area (Å²) in [5.74, 6) is -1.08. The first kappa shape index (κ1) is 68.0. The summed E-state index contributed by atoms with van der Waals surface area (Å²) in [5, 5.41) is 14.8. The molecule has 3 N–H and O–H groups in total. The second-order valence-corrected chi connectivity index (χ2v) is 25.5. The zero-order valence-electron chi connectivity index (χ0n) is 49.0. The number of nitrogens with one attached hydrogen (secondary N) is 3. The van der Waals surface area contributed by atoms with Gasteiger partial charge < -0.3 is 37.9 Å². The van der Waals surface area contributed by atoms with Crippen LogP contribution in [0.25, 0.3) is 0 Å². The van der Waals surface area contributed by atoms with Crippen molar-refractivity contribution in [3.8, 4) is 0 Å². The molecule has 0 aliphatic carbocycles. The van der Waals surface area contributed by atoms with Crippen LogP contribution in [-0.4, -0.2) is 141 Å². The highest BCUT2D eigenvalue weighted by Crippen LogP contribution is 2.21. The van der Waals surface area contributed by atoms with Crippen molar-refractivity contribution in [2.75, 3.05) is 26.2 Å². The van der Waals surface area contributed by atoms with Gasteiger partial charge in [0.25, 0.3) is 0 Å². The highest BCUT2D eigenvalue weighted by Gasteiger charge is 2.36. The van der Waals surface area contributed by atoms with Crippen molar-refractivity contribution in [2.24, 2.45) is 9.98 Å². The quantitative estimate of drug-likeness (QED) is 0.0676. The fourth-order valence-electron chi connectivity index (χ4n) is 5.80. The molecule has 1 rings (SSSR count). The van der Waals surface area contributed by atoms with Crippen molar-refractivity contribution >= 4 is 71.7 Å². The number of aliphatic imine (C=N–C) groups is 2. The van der Waals surface area contributed by atoms with Crippen LogP contribution < -0.4 is 10.6 Å². The first-order chi connectivity index (χ1) is 34.3. The van der Waals surface area contributed by atoms with Gasteiger partial charge in [0.15, 0.2) is 0 Å². The van der Waals surface area contributed by atoms with Crippen molar-refractivity contribution in [3.63, 3.8) is 0 Å². The van der Waals surface area contributed by atoms with Crippen molar-refractivity contribution in [3.05, 3.63) is 21.9 Å². The summed E-state index contributed by atoms with van der Waals surface area (Å²) in [5.41, 5.74) is -6.29. The molecule has 0 spiro atoms. The molecule has 0 bridgehead atoms. The summed E-state index contributed by atoms with van der Waals surface area (Å²) < 4.78 is 44.8. The number of carbonyl (C=O) groups is 7. The number of hydrogen-bond donors (Lipinski definition) is 3. The number of hydrogen-bond acceptors (Lipinski definition) is 17. The topological polar surface area (TPSA) is 276 Å². The maximum Gasteiger partial charge on any atom is 0.437 e. The Balaban J connectivity index is 3.58. The Morgan fingerprint density at radius 2 is 0.855 bits per heavy atom. The third-order valence-corrected chi connectivity index (χ3v) is 9.31. The molecule has 7 amide bonds. The molecular weight excluding hydrogens is 1010 g/mol. The highest BCUT2D eigenvalue weighted by molar-refractivity contribution is 7.10. The van der Waals surface area contributed by atoms with Gasteiger partial charge in [-0.3, -0.25) is 16.0 Å². The fraction of sp³-hybridized carbons (Fsp3) is 0.731. The minimum absolute atomic E-state index is 0.0223. The molecule has 0 fully saturated rings. The van der Waals surface area contributed by atoms with Gasteiger partial charge >= 0.3 is 42.7 Å². The lowest BCUT2D eigenvalue weighted by molar-refractivity contribution is 0.0222. The van der Waals surface area contributed by atoms with E-state index in [1.807, 2.05) is 0 Å². The molecule has 76 heavy (non-hydrogen) atoms. The number of unbranched alkanes of at least 4 members (excludes halogenated alkanes) is 4. The van der Waals surface area contributed by atoms with Crippen molar-refractivity contribution in [1.29, 1.82) is 5.41 Å². The van der Waals surface area contributed by atoms with E-state index in [1.165, 1.54) is 11.3 Å². The van der Waals surface area contributed by atoms with Gasteiger partial charge in [0.2, 0.25) is 11.9 Å². The molecular formula is C52H88N8O15S. The van der Waals surface area contributed by atoms with E-state index in [1.54, 1.807) is 157 Å². The summed E-state index contributed by atoms with van der Waals surface area (Å²) in [7, 11) is 0. The van der Waals surface area contributed by atoms with Crippen LogP contribution >= 0.6 is 11.3 Å². The van der Waals surface area contributed by atoms with Crippen molar-refractivity contribution in [1.82, 2.24) is 25.3 Å². The molecule has 1 heterocycles. The van der Waals surface area contributed by atoms with Crippen LogP contribution in [0.5, 0.6) is 0 Å². The van der Waals surface area contributed by atoms with E-state index < -0.39 is 93.8 Å². The molecule has 0 radical (unpaired) electrons. The summed E-state index contributed by atoms with van der Waals surface area (Å²) >= 11 is 1.27. The molecule has 24 heteroatoms. The second-order valence-electron chi connectivity index (χ2n) is 24.5. The standard InChI is InChI=1S/C52H88N8O15S/c1-46(2,3)69-39(61)54-36(53)34-31-35(76-33-34)32-68-30-29-60(45(67)75-52(19,20)21)38(57-42(64)72-49(10,11)12)59(44(66)74-51(16,17)18)28-26-24-22-23-25-27-58(43(65)73-50(13,14)15)37(55-40(62)70-47(4,5)6)56-41(63)71-48(7,8)9/h31,33H,22-30,32H2,1-21H3,(H2,53,54,61)(H,55,56,62,63). The van der Waals surface area contributed by atoms with Gasteiger partial charge in [-0.25, -0.2) is 48.3 Å². The van der Waals surface area contributed by atoms with Crippen LogP contribution in [-0.2, 0) is 44.5 Å². The first-order valence-corrected chi connectivity index (χ1v) is 26.1. The molecule has 0 unspecified atom stereocenters. The average molecular weight is 1100 g/mol. The minimum Gasteiger partial charge on any atom is -0.444 e. The maximum atomic E-state index is 14.2. The smallest absolute Gasteiger partial charge is 0.437 e. The largest absolute Gasteiger partial charge is 0.444 e. The average Bonchev–Trinajstić information content (AvgIpc) is 3.64. The van der Waals surface area contributed by atoms with Crippen LogP contribution in [0.3, 0.4) is 0 Å². The zero-order valence-corrected chi connectivity index (χ0v) is 49.8. The van der Waals surface area contributed by atoms with Crippen LogP contribution in [0.15, 0.2) is 21.4 Å². The summed E-state index contributed by atoms with van der Waals surface area (Å²) in [6, 6.07) is 1.66. The van der Waals surface area contributed by atoms with E-state index in [-0.39, 0.29) is 45.1 Å². The predicted molar refractivity (Wildman–Crippen MR) is 289 cm³/mol. The Morgan fingerprint density at radius 3 is 1.29 bits per heavy atom. The Bertz CT molecular complexity index is 2210. The van der Waals surface area contributed by atoms with E-state index >= 15 is 0 Å². The van der Waals surface area contributed by atoms with E-state index in [9.17, 15) is 33.6 Å². The molecule has 0 aliphatic heterocycles. The first-order valence-electron chi connectivity index (χ1n) is 25.2. The van der Waals surface area contributed by atoms with Crippen LogP contribution in [0.4, 0.5) is 33.6 Å². The number of nitrogens with zero attached hydrogens (tertiary/aromatic N) is 5. The molecule has 23 nitrogen and oxygen atoms in total. The van der Waals surface area contributed by atoms with Crippen molar-refractivity contribution < 1.29 is 71.5 Å². The fourth-order valence-corrected chi connectivity index (χ4v) is 6.61. The number of carbonyl (C=O) groups excluding carboxylic acids is 7. The number of guanidine groups is 2. The van der Waals surface area contributed by atoms with E-state index in [2.05, 4.69) is 20.6 Å². The maximum absolute atomic E-state index is 14.2. The molecule has 0 aromatic carbocycles. The molecule has 0 aliphatic rings. The molecule has 0 saturated carbocycles. The van der Waals surface area contributed by atoms with Crippen LogP contribution in [0, 0.1) is 5.41 Å². The number of ether oxygens (including phenoxy) is 8. The Hall–Kier alpha value is -6.04. The monoisotopic (exact) mass is 1100 g/mol. The van der Waals surface area contributed by atoms with Crippen LogP contribution in [0.1, 0.15) is 188 Å². The number of amidine groups is 1. The lowest BCUT2D eigenvalue weighted by Gasteiger charge is -2.34. The van der Waals surface area contributed by atoms with Gasteiger partial charge in [-0.15, -0.1) is 21.3 Å². The van der Waals surface area contributed by atoms with Gasteiger partial charge in [-0.2, -0.15) is 0 Å². The minimum atomic E-state index is -1.11. The number of alkyl carbamates (subject to hydrolysis) is 2. The lowest BCUT2D eigenvalue weighted by Crippen LogP contribution is -2.53. The predicted octanol–water partition coefficient (Wildman–Crippen LogP) is 11.9. The Labute approximate surface area is 453 Å².